The first kappa shape index (κ1) is 8.97. The number of nitrogens with one attached hydrogen (secondary N) is 1. The van der Waals surface area contributed by atoms with Crippen molar-refractivity contribution in [1.29, 1.82) is 0 Å². The molecule has 0 atom stereocenters. The van der Waals surface area contributed by atoms with Crippen molar-refractivity contribution in [3.8, 4) is 0 Å². The molecule has 4 N–H and O–H groups in total. The van der Waals surface area contributed by atoms with Gasteiger partial charge in [-0.3, -0.25) is 0 Å². The van der Waals surface area contributed by atoms with Crippen LogP contribution in [0.25, 0.3) is 0 Å². The summed E-state index contributed by atoms with van der Waals surface area (Å²) in [6, 6.07) is 0. The molecule has 0 saturated carbocycles. The molecule has 0 aromatic heterocycles. The molecule has 1 fully saturated rings. The van der Waals surface area contributed by atoms with E-state index in [0.29, 0.717) is 0 Å². The summed E-state index contributed by atoms with van der Waals surface area (Å²) in [4.78, 5) is 0. The van der Waals surface area contributed by atoms with Crippen LogP contribution in [0.1, 0.15) is 26.7 Å². The third-order valence-corrected chi connectivity index (χ3v) is 2.63. The average molecular weight is 158 g/mol. The maximum Gasteiger partial charge on any atom is 0.0845 e. The Bertz CT molecular complexity index is 134. The van der Waals surface area contributed by atoms with Crippen LogP contribution >= 0.6 is 0 Å². The van der Waals surface area contributed by atoms with Gasteiger partial charge in [0.15, 0.2) is 0 Å². The maximum atomic E-state index is 10.0. The van der Waals surface area contributed by atoms with Crippen LogP contribution in [0.4, 0.5) is 0 Å². The number of hydrogen-bond donors (Lipinski definition) is 3. The van der Waals surface area contributed by atoms with Gasteiger partial charge in [-0.05, 0) is 39.8 Å². The molecule has 1 saturated heterocycles. The molecule has 0 spiro atoms. The van der Waals surface area contributed by atoms with Gasteiger partial charge in [0, 0.05) is 5.54 Å². The Morgan fingerprint density at radius 3 is 2.09 bits per heavy atom. The number of aliphatic hydroxyl groups is 1. The standard InChI is InChI=1S/C8H18N2O/c1-7(2,9)8(11)3-5-10-6-4-8/h10-11H,3-6,9H2,1-2H3. The fourth-order valence-corrected chi connectivity index (χ4v) is 1.48. The summed E-state index contributed by atoms with van der Waals surface area (Å²) < 4.78 is 0. The summed E-state index contributed by atoms with van der Waals surface area (Å²) in [6.45, 7) is 5.52. The lowest BCUT2D eigenvalue weighted by molar-refractivity contribution is -0.0457. The predicted molar refractivity (Wildman–Crippen MR) is 45.3 cm³/mol. The Hall–Kier alpha value is -0.120. The summed E-state index contributed by atoms with van der Waals surface area (Å²) in [5.41, 5.74) is 4.72. The third kappa shape index (κ3) is 1.72. The highest BCUT2D eigenvalue weighted by Crippen LogP contribution is 2.28. The van der Waals surface area contributed by atoms with Crippen molar-refractivity contribution in [1.82, 2.24) is 5.32 Å². The molecule has 11 heavy (non-hydrogen) atoms. The van der Waals surface area contributed by atoms with Crippen molar-refractivity contribution < 1.29 is 5.11 Å². The highest BCUT2D eigenvalue weighted by Gasteiger charge is 2.41. The van der Waals surface area contributed by atoms with Crippen molar-refractivity contribution in [3.63, 3.8) is 0 Å². The fraction of sp³-hybridized carbons (Fsp3) is 1.00. The normalized spacial score (nSPS) is 25.1. The van der Waals surface area contributed by atoms with Crippen molar-refractivity contribution in [3.05, 3.63) is 0 Å². The van der Waals surface area contributed by atoms with Gasteiger partial charge >= 0.3 is 0 Å². The summed E-state index contributed by atoms with van der Waals surface area (Å²) in [7, 11) is 0. The number of rotatable bonds is 1. The Kier molecular flexibility index (Phi) is 2.23. The molecule has 3 heteroatoms. The highest BCUT2D eigenvalue weighted by atomic mass is 16.3. The SMILES string of the molecule is CC(C)(N)C1(O)CCNCC1. The van der Waals surface area contributed by atoms with Crippen LogP contribution in [-0.2, 0) is 0 Å². The summed E-state index contributed by atoms with van der Waals surface area (Å²) >= 11 is 0. The topological polar surface area (TPSA) is 58.3 Å². The van der Waals surface area contributed by atoms with Crippen LogP contribution in [0.15, 0.2) is 0 Å². The molecular weight excluding hydrogens is 140 g/mol. The van der Waals surface area contributed by atoms with Gasteiger partial charge in [0.25, 0.3) is 0 Å². The zero-order valence-electron chi connectivity index (χ0n) is 7.35. The van der Waals surface area contributed by atoms with Crippen LogP contribution < -0.4 is 11.1 Å². The molecule has 66 valence electrons. The first-order valence-corrected chi connectivity index (χ1v) is 4.18. The average Bonchev–Trinajstić information content (AvgIpc) is 1.87. The zero-order chi connectivity index (χ0) is 8.54. The Balaban J connectivity index is 2.64. The lowest BCUT2D eigenvalue weighted by atomic mass is 9.77. The molecule has 1 aliphatic heterocycles. The molecule has 1 aliphatic rings. The summed E-state index contributed by atoms with van der Waals surface area (Å²) in [5, 5.41) is 13.2. The first-order valence-electron chi connectivity index (χ1n) is 4.18. The van der Waals surface area contributed by atoms with Gasteiger partial charge in [-0.15, -0.1) is 0 Å². The Labute approximate surface area is 68.0 Å². The van der Waals surface area contributed by atoms with Gasteiger partial charge in [0.1, 0.15) is 0 Å². The maximum absolute atomic E-state index is 10.0. The zero-order valence-corrected chi connectivity index (χ0v) is 7.35. The third-order valence-electron chi connectivity index (χ3n) is 2.63. The molecule has 0 unspecified atom stereocenters. The molecule has 0 bridgehead atoms. The molecule has 3 nitrogen and oxygen atoms in total. The summed E-state index contributed by atoms with van der Waals surface area (Å²) in [6.07, 6.45) is 1.52. The molecule has 0 aliphatic carbocycles. The first-order chi connectivity index (χ1) is 4.96. The largest absolute Gasteiger partial charge is 0.388 e. The molecule has 0 amide bonds. The van der Waals surface area contributed by atoms with E-state index in [0.717, 1.165) is 25.9 Å². The smallest absolute Gasteiger partial charge is 0.0845 e. The number of hydrogen-bond acceptors (Lipinski definition) is 3. The van der Waals surface area contributed by atoms with Crippen LogP contribution in [0.5, 0.6) is 0 Å². The highest BCUT2D eigenvalue weighted by molar-refractivity contribution is 4.99. The van der Waals surface area contributed by atoms with Crippen LogP contribution in [0.2, 0.25) is 0 Å². The van der Waals surface area contributed by atoms with E-state index in [2.05, 4.69) is 5.32 Å². The second-order valence-electron chi connectivity index (χ2n) is 4.00. The molecule has 0 aromatic carbocycles. The van der Waals surface area contributed by atoms with Crippen LogP contribution in [0.3, 0.4) is 0 Å². The minimum absolute atomic E-state index is 0.477. The van der Waals surface area contributed by atoms with E-state index in [1.807, 2.05) is 13.8 Å². The van der Waals surface area contributed by atoms with Gasteiger partial charge < -0.3 is 16.2 Å². The Morgan fingerprint density at radius 2 is 1.82 bits per heavy atom. The lowest BCUT2D eigenvalue weighted by Gasteiger charge is -2.42. The van der Waals surface area contributed by atoms with E-state index in [1.54, 1.807) is 0 Å². The van der Waals surface area contributed by atoms with Crippen molar-refractivity contribution in [2.75, 3.05) is 13.1 Å². The second-order valence-corrected chi connectivity index (χ2v) is 4.00. The van der Waals surface area contributed by atoms with E-state index in [1.165, 1.54) is 0 Å². The molecule has 1 heterocycles. The molecule has 0 radical (unpaired) electrons. The predicted octanol–water partition coefficient (Wildman–Crippen LogP) is -0.162. The van der Waals surface area contributed by atoms with Gasteiger partial charge in [-0.25, -0.2) is 0 Å². The van der Waals surface area contributed by atoms with Gasteiger partial charge in [-0.1, -0.05) is 0 Å². The van der Waals surface area contributed by atoms with Crippen molar-refractivity contribution >= 4 is 0 Å². The van der Waals surface area contributed by atoms with Crippen LogP contribution in [-0.4, -0.2) is 29.3 Å². The molecular formula is C8H18N2O. The second kappa shape index (κ2) is 2.73. The number of nitrogens with two attached hydrogens (primary N) is 1. The van der Waals surface area contributed by atoms with Gasteiger partial charge in [0.2, 0.25) is 0 Å². The van der Waals surface area contributed by atoms with E-state index in [-0.39, 0.29) is 0 Å². The van der Waals surface area contributed by atoms with E-state index in [9.17, 15) is 5.11 Å². The quantitative estimate of drug-likeness (QED) is 0.497. The van der Waals surface area contributed by atoms with Crippen molar-refractivity contribution in [2.45, 2.75) is 37.8 Å². The van der Waals surface area contributed by atoms with Crippen molar-refractivity contribution in [2.24, 2.45) is 5.73 Å². The minimum Gasteiger partial charge on any atom is -0.388 e. The lowest BCUT2D eigenvalue weighted by Crippen LogP contribution is -2.60. The van der Waals surface area contributed by atoms with E-state index < -0.39 is 11.1 Å². The monoisotopic (exact) mass is 158 g/mol. The van der Waals surface area contributed by atoms with E-state index >= 15 is 0 Å². The molecule has 1 rings (SSSR count). The minimum atomic E-state index is -0.668. The van der Waals surface area contributed by atoms with Crippen LogP contribution in [0, 0.1) is 0 Å². The van der Waals surface area contributed by atoms with E-state index in [4.69, 9.17) is 5.73 Å². The number of piperidine rings is 1. The summed E-state index contributed by atoms with van der Waals surface area (Å²) in [5.74, 6) is 0. The van der Waals surface area contributed by atoms with Gasteiger partial charge in [-0.2, -0.15) is 0 Å². The Morgan fingerprint density at radius 1 is 1.36 bits per heavy atom. The van der Waals surface area contributed by atoms with Gasteiger partial charge in [0.05, 0.1) is 5.60 Å². The fourth-order valence-electron chi connectivity index (χ4n) is 1.48. The molecule has 0 aromatic rings.